The van der Waals surface area contributed by atoms with Crippen LogP contribution >= 0.6 is 0 Å². The second-order valence-corrected chi connectivity index (χ2v) is 7.00. The summed E-state index contributed by atoms with van der Waals surface area (Å²) in [5.41, 5.74) is 1.37. The number of hydrogen-bond acceptors (Lipinski definition) is 1. The molecule has 2 heteroatoms. The summed E-state index contributed by atoms with van der Waals surface area (Å²) >= 11 is 0. The Morgan fingerprint density at radius 2 is 1.89 bits per heavy atom. The van der Waals surface area contributed by atoms with Crippen molar-refractivity contribution in [2.75, 3.05) is 0 Å². The number of carbonyl (C=O) groups is 1. The molecule has 2 nitrogen and oxygen atoms in total. The molecule has 2 saturated carbocycles. The molecular weight excluding hydrogens is 234 g/mol. The van der Waals surface area contributed by atoms with Crippen LogP contribution < -0.4 is 5.32 Å². The number of fused-ring (bicyclic) bond motifs is 2. The highest BCUT2D eigenvalue weighted by Crippen LogP contribution is 2.65. The highest BCUT2D eigenvalue weighted by molar-refractivity contribution is 5.94. The van der Waals surface area contributed by atoms with Crippen LogP contribution in [0.4, 0.5) is 0 Å². The Bertz CT molecular complexity index is 493. The van der Waals surface area contributed by atoms with E-state index in [4.69, 9.17) is 0 Å². The summed E-state index contributed by atoms with van der Waals surface area (Å²) in [6.45, 7) is 7.11. The average Bonchev–Trinajstić information content (AvgIpc) is 2.73. The van der Waals surface area contributed by atoms with Gasteiger partial charge in [0.25, 0.3) is 5.91 Å². The molecule has 1 amide bonds. The number of amides is 1. The molecule has 0 spiro atoms. The van der Waals surface area contributed by atoms with E-state index in [0.717, 1.165) is 17.9 Å². The highest BCUT2D eigenvalue weighted by Gasteiger charge is 2.61. The number of carbonyl (C=O) groups excluding carboxylic acids is 1. The first-order chi connectivity index (χ1) is 8.95. The van der Waals surface area contributed by atoms with E-state index < -0.39 is 0 Å². The van der Waals surface area contributed by atoms with Crippen molar-refractivity contribution in [3.8, 4) is 0 Å². The highest BCUT2D eigenvalue weighted by atomic mass is 16.1. The summed E-state index contributed by atoms with van der Waals surface area (Å²) in [6, 6.07) is 9.88. The van der Waals surface area contributed by atoms with E-state index in [1.165, 1.54) is 12.8 Å². The number of rotatable bonds is 2. The SMILES string of the molecule is CC1(C)[C@H]2CC[C@@]1(C)[C@@H](NC(=O)c1ccccc1)C2. The topological polar surface area (TPSA) is 29.1 Å². The lowest BCUT2D eigenvalue weighted by atomic mass is 9.69. The van der Waals surface area contributed by atoms with Gasteiger partial charge in [0.1, 0.15) is 0 Å². The quantitative estimate of drug-likeness (QED) is 0.861. The lowest BCUT2D eigenvalue weighted by Gasteiger charge is -2.39. The summed E-state index contributed by atoms with van der Waals surface area (Å²) in [4.78, 5) is 12.3. The summed E-state index contributed by atoms with van der Waals surface area (Å²) in [7, 11) is 0. The fourth-order valence-corrected chi connectivity index (χ4v) is 4.25. The predicted octanol–water partition coefficient (Wildman–Crippen LogP) is 3.63. The monoisotopic (exact) mass is 257 g/mol. The molecule has 0 radical (unpaired) electrons. The molecule has 0 heterocycles. The Morgan fingerprint density at radius 1 is 1.21 bits per heavy atom. The molecule has 1 aromatic rings. The van der Waals surface area contributed by atoms with Gasteiger partial charge in [-0.05, 0) is 48.1 Å². The van der Waals surface area contributed by atoms with Crippen LogP contribution in [-0.4, -0.2) is 11.9 Å². The van der Waals surface area contributed by atoms with Crippen molar-refractivity contribution in [1.82, 2.24) is 5.32 Å². The number of nitrogens with one attached hydrogen (secondary N) is 1. The van der Waals surface area contributed by atoms with E-state index in [1.807, 2.05) is 30.3 Å². The predicted molar refractivity (Wildman–Crippen MR) is 76.9 cm³/mol. The van der Waals surface area contributed by atoms with E-state index >= 15 is 0 Å². The van der Waals surface area contributed by atoms with Gasteiger partial charge in [-0.1, -0.05) is 39.0 Å². The first kappa shape index (κ1) is 12.7. The second-order valence-electron chi connectivity index (χ2n) is 7.00. The van der Waals surface area contributed by atoms with Crippen LogP contribution in [0.3, 0.4) is 0 Å². The van der Waals surface area contributed by atoms with Gasteiger partial charge in [-0.25, -0.2) is 0 Å². The van der Waals surface area contributed by atoms with Gasteiger partial charge in [0.2, 0.25) is 0 Å². The van der Waals surface area contributed by atoms with Crippen molar-refractivity contribution in [2.45, 2.75) is 46.1 Å². The van der Waals surface area contributed by atoms with E-state index in [-0.39, 0.29) is 11.3 Å². The Kier molecular flexibility index (Phi) is 2.74. The maximum Gasteiger partial charge on any atom is 0.251 e. The van der Waals surface area contributed by atoms with Crippen LogP contribution in [0.15, 0.2) is 30.3 Å². The lowest BCUT2D eigenvalue weighted by molar-refractivity contribution is 0.0826. The van der Waals surface area contributed by atoms with Gasteiger partial charge in [0, 0.05) is 11.6 Å². The van der Waals surface area contributed by atoms with Gasteiger partial charge in [-0.15, -0.1) is 0 Å². The molecule has 0 saturated heterocycles. The molecule has 2 aliphatic rings. The minimum atomic E-state index is 0.0789. The first-order valence-corrected chi connectivity index (χ1v) is 7.31. The zero-order chi connectivity index (χ0) is 13.7. The Hall–Kier alpha value is -1.31. The van der Waals surface area contributed by atoms with E-state index in [9.17, 15) is 4.79 Å². The smallest absolute Gasteiger partial charge is 0.251 e. The van der Waals surface area contributed by atoms with Crippen molar-refractivity contribution in [1.29, 1.82) is 0 Å². The lowest BCUT2D eigenvalue weighted by Crippen LogP contribution is -2.46. The average molecular weight is 257 g/mol. The van der Waals surface area contributed by atoms with Crippen LogP contribution in [0, 0.1) is 16.7 Å². The molecular formula is C17H23NO. The Morgan fingerprint density at radius 3 is 2.42 bits per heavy atom. The molecule has 0 aliphatic heterocycles. The fraction of sp³-hybridized carbons (Fsp3) is 0.588. The molecule has 102 valence electrons. The third kappa shape index (κ3) is 1.73. The zero-order valence-corrected chi connectivity index (χ0v) is 12.1. The summed E-state index contributed by atoms with van der Waals surface area (Å²) in [6.07, 6.45) is 3.70. The van der Waals surface area contributed by atoms with E-state index in [0.29, 0.717) is 11.5 Å². The molecule has 1 N–H and O–H groups in total. The van der Waals surface area contributed by atoms with Crippen molar-refractivity contribution in [3.63, 3.8) is 0 Å². The van der Waals surface area contributed by atoms with Crippen LogP contribution in [0.25, 0.3) is 0 Å². The maximum atomic E-state index is 12.3. The molecule has 1 aromatic carbocycles. The minimum absolute atomic E-state index is 0.0789. The zero-order valence-electron chi connectivity index (χ0n) is 12.1. The molecule has 2 aliphatic carbocycles. The molecule has 3 atom stereocenters. The van der Waals surface area contributed by atoms with Gasteiger partial charge < -0.3 is 5.32 Å². The van der Waals surface area contributed by atoms with Crippen LogP contribution in [-0.2, 0) is 0 Å². The standard InChI is InChI=1S/C17H23NO/c1-16(2)13-9-10-17(16,3)14(11-13)18-15(19)12-7-5-4-6-8-12/h4-8,13-14H,9-11H2,1-3H3,(H,18,19)/t13-,14-,17-/m0/s1. The largest absolute Gasteiger partial charge is 0.349 e. The first-order valence-electron chi connectivity index (χ1n) is 7.31. The summed E-state index contributed by atoms with van der Waals surface area (Å²) in [5.74, 6) is 0.841. The molecule has 0 aromatic heterocycles. The van der Waals surface area contributed by atoms with Crippen LogP contribution in [0.2, 0.25) is 0 Å². The molecule has 2 bridgehead atoms. The maximum absolute atomic E-state index is 12.3. The van der Waals surface area contributed by atoms with Gasteiger partial charge in [-0.3, -0.25) is 4.79 Å². The number of hydrogen-bond donors (Lipinski definition) is 1. The summed E-state index contributed by atoms with van der Waals surface area (Å²) < 4.78 is 0. The normalized spacial score (nSPS) is 35.3. The van der Waals surface area contributed by atoms with Gasteiger partial charge in [-0.2, -0.15) is 0 Å². The van der Waals surface area contributed by atoms with E-state index in [2.05, 4.69) is 26.1 Å². The molecule has 0 unspecified atom stereocenters. The minimum Gasteiger partial charge on any atom is -0.349 e. The van der Waals surface area contributed by atoms with Crippen molar-refractivity contribution in [2.24, 2.45) is 16.7 Å². The number of benzene rings is 1. The van der Waals surface area contributed by atoms with Crippen LogP contribution in [0.5, 0.6) is 0 Å². The van der Waals surface area contributed by atoms with Crippen molar-refractivity contribution >= 4 is 5.91 Å². The van der Waals surface area contributed by atoms with Gasteiger partial charge in [0.15, 0.2) is 0 Å². The molecule has 2 fully saturated rings. The van der Waals surface area contributed by atoms with Crippen LogP contribution in [0.1, 0.15) is 50.4 Å². The van der Waals surface area contributed by atoms with Crippen molar-refractivity contribution < 1.29 is 4.79 Å². The second kappa shape index (κ2) is 4.09. The Labute approximate surface area is 115 Å². The van der Waals surface area contributed by atoms with Gasteiger partial charge in [0.05, 0.1) is 0 Å². The van der Waals surface area contributed by atoms with Gasteiger partial charge >= 0.3 is 0 Å². The molecule has 19 heavy (non-hydrogen) atoms. The molecule has 3 rings (SSSR count). The third-order valence-corrected chi connectivity index (χ3v) is 6.14. The van der Waals surface area contributed by atoms with E-state index in [1.54, 1.807) is 0 Å². The van der Waals surface area contributed by atoms with Crippen molar-refractivity contribution in [3.05, 3.63) is 35.9 Å². The Balaban J connectivity index is 1.78. The fourth-order valence-electron chi connectivity index (χ4n) is 4.25. The summed E-state index contributed by atoms with van der Waals surface area (Å²) in [5, 5.41) is 3.28. The third-order valence-electron chi connectivity index (χ3n) is 6.14.